The molecule has 0 fully saturated rings. The highest BCUT2D eigenvalue weighted by Gasteiger charge is 2.12. The van der Waals surface area contributed by atoms with E-state index in [1.165, 1.54) is 5.56 Å². The number of aromatic nitrogens is 2. The fraction of sp³-hybridized carbons (Fsp3) is 0.231. The van der Waals surface area contributed by atoms with E-state index >= 15 is 0 Å². The Morgan fingerprint density at radius 2 is 2.18 bits per heavy atom. The maximum absolute atomic E-state index is 10.8. The standard InChI is InChI=1S/C13H14N2O2/c1-3-9-5-4-6-10(7-9)12-8-11(13(16)17)14-15(12)2/h4-8H,3H2,1-2H3,(H,16,17). The van der Waals surface area contributed by atoms with E-state index in [1.54, 1.807) is 17.8 Å². The molecule has 0 spiro atoms. The van der Waals surface area contributed by atoms with E-state index in [-0.39, 0.29) is 5.69 Å². The number of aryl methyl sites for hydroxylation is 2. The number of carboxylic acid groups (broad SMARTS) is 1. The highest BCUT2D eigenvalue weighted by molar-refractivity contribution is 5.87. The van der Waals surface area contributed by atoms with Crippen LogP contribution in [0.3, 0.4) is 0 Å². The van der Waals surface area contributed by atoms with Crippen molar-refractivity contribution >= 4 is 5.97 Å². The van der Waals surface area contributed by atoms with Crippen LogP contribution in [-0.2, 0) is 13.5 Å². The summed E-state index contributed by atoms with van der Waals surface area (Å²) in [6.07, 6.45) is 0.956. The second-order valence-corrected chi connectivity index (χ2v) is 3.90. The fourth-order valence-electron chi connectivity index (χ4n) is 1.79. The van der Waals surface area contributed by atoms with Crippen molar-refractivity contribution in [2.45, 2.75) is 13.3 Å². The van der Waals surface area contributed by atoms with E-state index in [0.717, 1.165) is 17.7 Å². The number of hydrogen-bond donors (Lipinski definition) is 1. The lowest BCUT2D eigenvalue weighted by atomic mass is 10.1. The van der Waals surface area contributed by atoms with Gasteiger partial charge in [0, 0.05) is 12.6 Å². The van der Waals surface area contributed by atoms with Crippen molar-refractivity contribution in [1.29, 1.82) is 0 Å². The monoisotopic (exact) mass is 230 g/mol. The third-order valence-electron chi connectivity index (χ3n) is 2.73. The van der Waals surface area contributed by atoms with Gasteiger partial charge in [0.05, 0.1) is 5.69 Å². The van der Waals surface area contributed by atoms with Crippen molar-refractivity contribution in [3.05, 3.63) is 41.6 Å². The average molecular weight is 230 g/mol. The molecule has 0 aliphatic carbocycles. The number of nitrogens with zero attached hydrogens (tertiary/aromatic N) is 2. The molecule has 88 valence electrons. The van der Waals surface area contributed by atoms with E-state index in [4.69, 9.17) is 5.11 Å². The van der Waals surface area contributed by atoms with Crippen molar-refractivity contribution in [2.75, 3.05) is 0 Å². The molecule has 0 saturated carbocycles. The normalized spacial score (nSPS) is 10.5. The van der Waals surface area contributed by atoms with Gasteiger partial charge in [0.1, 0.15) is 0 Å². The Morgan fingerprint density at radius 1 is 1.41 bits per heavy atom. The molecule has 0 bridgehead atoms. The fourth-order valence-corrected chi connectivity index (χ4v) is 1.79. The van der Waals surface area contributed by atoms with E-state index in [1.807, 2.05) is 12.1 Å². The minimum Gasteiger partial charge on any atom is -0.476 e. The Hall–Kier alpha value is -2.10. The van der Waals surface area contributed by atoms with Gasteiger partial charge in [-0.05, 0) is 24.1 Å². The van der Waals surface area contributed by atoms with Crippen LogP contribution in [0, 0.1) is 0 Å². The molecule has 1 aromatic carbocycles. The third-order valence-corrected chi connectivity index (χ3v) is 2.73. The second-order valence-electron chi connectivity index (χ2n) is 3.90. The predicted octanol–water partition coefficient (Wildman–Crippen LogP) is 2.35. The largest absolute Gasteiger partial charge is 0.476 e. The Balaban J connectivity index is 2.48. The van der Waals surface area contributed by atoms with Crippen LogP contribution in [0.15, 0.2) is 30.3 Å². The summed E-state index contributed by atoms with van der Waals surface area (Å²) < 4.78 is 1.60. The zero-order chi connectivity index (χ0) is 12.4. The maximum atomic E-state index is 10.8. The van der Waals surface area contributed by atoms with Gasteiger partial charge in [-0.3, -0.25) is 4.68 Å². The van der Waals surface area contributed by atoms with Crippen LogP contribution in [0.5, 0.6) is 0 Å². The number of rotatable bonds is 3. The Bertz CT molecular complexity index is 558. The van der Waals surface area contributed by atoms with Gasteiger partial charge in [-0.2, -0.15) is 5.10 Å². The van der Waals surface area contributed by atoms with Gasteiger partial charge in [-0.15, -0.1) is 0 Å². The summed E-state index contributed by atoms with van der Waals surface area (Å²) in [4.78, 5) is 10.8. The molecule has 17 heavy (non-hydrogen) atoms. The summed E-state index contributed by atoms with van der Waals surface area (Å²) in [6, 6.07) is 9.64. The van der Waals surface area contributed by atoms with Gasteiger partial charge < -0.3 is 5.11 Å². The first kappa shape index (κ1) is 11.4. The van der Waals surface area contributed by atoms with Gasteiger partial charge in [0.15, 0.2) is 5.69 Å². The Labute approximate surface area is 99.5 Å². The van der Waals surface area contributed by atoms with E-state index in [0.29, 0.717) is 0 Å². The van der Waals surface area contributed by atoms with Crippen LogP contribution in [-0.4, -0.2) is 20.9 Å². The molecule has 1 aromatic heterocycles. The van der Waals surface area contributed by atoms with Crippen LogP contribution in [0.2, 0.25) is 0 Å². The van der Waals surface area contributed by atoms with E-state index in [9.17, 15) is 4.79 Å². The molecule has 0 aliphatic heterocycles. The van der Waals surface area contributed by atoms with Gasteiger partial charge in [0.25, 0.3) is 0 Å². The Kier molecular flexibility index (Phi) is 2.95. The minimum absolute atomic E-state index is 0.0735. The molecule has 2 rings (SSSR count). The highest BCUT2D eigenvalue weighted by atomic mass is 16.4. The SMILES string of the molecule is CCc1cccc(-c2cc(C(=O)O)nn2C)c1. The van der Waals surface area contributed by atoms with E-state index < -0.39 is 5.97 Å². The summed E-state index contributed by atoms with van der Waals surface area (Å²) in [6.45, 7) is 2.09. The zero-order valence-electron chi connectivity index (χ0n) is 9.84. The van der Waals surface area contributed by atoms with Gasteiger partial charge >= 0.3 is 5.97 Å². The summed E-state index contributed by atoms with van der Waals surface area (Å²) in [5, 5.41) is 12.9. The lowest BCUT2D eigenvalue weighted by Crippen LogP contribution is -1.99. The number of hydrogen-bond acceptors (Lipinski definition) is 2. The molecule has 4 nitrogen and oxygen atoms in total. The maximum Gasteiger partial charge on any atom is 0.356 e. The molecule has 1 heterocycles. The summed E-state index contributed by atoms with van der Waals surface area (Å²) in [7, 11) is 1.75. The van der Waals surface area contributed by atoms with Crippen LogP contribution in [0.1, 0.15) is 23.0 Å². The highest BCUT2D eigenvalue weighted by Crippen LogP contribution is 2.21. The van der Waals surface area contributed by atoms with Crippen molar-refractivity contribution in [2.24, 2.45) is 7.05 Å². The van der Waals surface area contributed by atoms with Crippen LogP contribution in [0.25, 0.3) is 11.3 Å². The number of benzene rings is 1. The molecule has 0 radical (unpaired) electrons. The van der Waals surface area contributed by atoms with Crippen molar-refractivity contribution in [3.63, 3.8) is 0 Å². The van der Waals surface area contributed by atoms with Crippen LogP contribution < -0.4 is 0 Å². The van der Waals surface area contributed by atoms with Crippen LogP contribution >= 0.6 is 0 Å². The molecule has 1 N–H and O–H groups in total. The second kappa shape index (κ2) is 4.41. The molecule has 0 saturated heterocycles. The molecule has 4 heteroatoms. The molecular weight excluding hydrogens is 216 g/mol. The number of aromatic carboxylic acids is 1. The first-order valence-electron chi connectivity index (χ1n) is 5.48. The molecule has 0 atom stereocenters. The number of carbonyl (C=O) groups is 1. The third kappa shape index (κ3) is 2.20. The first-order valence-corrected chi connectivity index (χ1v) is 5.48. The first-order chi connectivity index (χ1) is 8.11. The smallest absolute Gasteiger partial charge is 0.356 e. The topological polar surface area (TPSA) is 55.1 Å². The van der Waals surface area contributed by atoms with Crippen molar-refractivity contribution in [1.82, 2.24) is 9.78 Å². The molecule has 0 unspecified atom stereocenters. The lowest BCUT2D eigenvalue weighted by molar-refractivity contribution is 0.0689. The minimum atomic E-state index is -1.00. The molecule has 2 aromatic rings. The number of carboxylic acids is 1. The lowest BCUT2D eigenvalue weighted by Gasteiger charge is -2.03. The van der Waals surface area contributed by atoms with Gasteiger partial charge in [-0.25, -0.2) is 4.79 Å². The zero-order valence-corrected chi connectivity index (χ0v) is 9.84. The quantitative estimate of drug-likeness (QED) is 0.880. The van der Waals surface area contributed by atoms with E-state index in [2.05, 4.69) is 24.2 Å². The van der Waals surface area contributed by atoms with Gasteiger partial charge in [0.2, 0.25) is 0 Å². The molecular formula is C13H14N2O2. The summed E-state index contributed by atoms with van der Waals surface area (Å²) in [5.74, 6) is -1.00. The van der Waals surface area contributed by atoms with Crippen LogP contribution in [0.4, 0.5) is 0 Å². The summed E-state index contributed by atoms with van der Waals surface area (Å²) >= 11 is 0. The summed E-state index contributed by atoms with van der Waals surface area (Å²) in [5.41, 5.74) is 3.11. The van der Waals surface area contributed by atoms with Crippen molar-refractivity contribution < 1.29 is 9.90 Å². The van der Waals surface area contributed by atoms with Gasteiger partial charge in [-0.1, -0.05) is 25.1 Å². The molecule has 0 amide bonds. The Morgan fingerprint density at radius 3 is 2.76 bits per heavy atom. The average Bonchev–Trinajstić information content (AvgIpc) is 2.72. The van der Waals surface area contributed by atoms with Crippen molar-refractivity contribution in [3.8, 4) is 11.3 Å². The predicted molar refractivity (Wildman–Crippen MR) is 65.0 cm³/mol. The molecule has 0 aliphatic rings.